The van der Waals surface area contributed by atoms with Crippen LogP contribution in [0.2, 0.25) is 0 Å². The van der Waals surface area contributed by atoms with Crippen LogP contribution in [0.15, 0.2) is 18.2 Å². The number of nitrogens with zero attached hydrogens (tertiary/aromatic N) is 1. The molecule has 0 bridgehead atoms. The Balaban J connectivity index is 2.71. The number of rotatable bonds is 7. The van der Waals surface area contributed by atoms with Crippen LogP contribution >= 0.6 is 0 Å². The van der Waals surface area contributed by atoms with Gasteiger partial charge in [-0.15, -0.1) is 0 Å². The lowest BCUT2D eigenvalue weighted by Gasteiger charge is -2.16. The Morgan fingerprint density at radius 2 is 2.05 bits per heavy atom. The van der Waals surface area contributed by atoms with Gasteiger partial charge in [0.25, 0.3) is 5.91 Å². The molecule has 7 heteroatoms. The van der Waals surface area contributed by atoms with E-state index < -0.39 is 29.6 Å². The van der Waals surface area contributed by atoms with Gasteiger partial charge in [-0.1, -0.05) is 0 Å². The number of hydrogen-bond acceptors (Lipinski definition) is 4. The SMILES string of the molecule is COC(=O)[C@H](CCCCC#N)NC(=O)c1ccc(F)c(F)c1. The average molecular weight is 310 g/mol. The Kier molecular flexibility index (Phi) is 6.96. The fourth-order valence-corrected chi connectivity index (χ4v) is 1.82. The number of methoxy groups -OCH3 is 1. The van der Waals surface area contributed by atoms with Gasteiger partial charge in [0.2, 0.25) is 0 Å². The molecule has 1 aromatic rings. The van der Waals surface area contributed by atoms with E-state index in [9.17, 15) is 18.4 Å². The van der Waals surface area contributed by atoms with E-state index in [1.54, 1.807) is 0 Å². The molecule has 1 amide bonds. The first-order chi connectivity index (χ1) is 10.5. The summed E-state index contributed by atoms with van der Waals surface area (Å²) in [7, 11) is 1.19. The van der Waals surface area contributed by atoms with Crippen molar-refractivity contribution in [3.8, 4) is 6.07 Å². The van der Waals surface area contributed by atoms with E-state index >= 15 is 0 Å². The molecule has 0 saturated heterocycles. The molecule has 0 heterocycles. The third-order valence-electron chi connectivity index (χ3n) is 3.00. The number of nitriles is 1. The molecule has 0 spiro atoms. The average Bonchev–Trinajstić information content (AvgIpc) is 2.52. The Bertz CT molecular complexity index is 585. The Morgan fingerprint density at radius 3 is 2.64 bits per heavy atom. The number of carbonyl (C=O) groups excluding carboxylic acids is 2. The summed E-state index contributed by atoms with van der Waals surface area (Å²) in [5.74, 6) is -3.53. The van der Waals surface area contributed by atoms with E-state index in [1.807, 2.05) is 6.07 Å². The van der Waals surface area contributed by atoms with Gasteiger partial charge in [-0.3, -0.25) is 4.79 Å². The van der Waals surface area contributed by atoms with Crippen molar-refractivity contribution in [2.75, 3.05) is 7.11 Å². The smallest absolute Gasteiger partial charge is 0.328 e. The first-order valence-corrected chi connectivity index (χ1v) is 6.70. The van der Waals surface area contributed by atoms with Gasteiger partial charge < -0.3 is 10.1 Å². The predicted molar refractivity (Wildman–Crippen MR) is 73.7 cm³/mol. The van der Waals surface area contributed by atoms with Gasteiger partial charge in [0.1, 0.15) is 6.04 Å². The zero-order valence-corrected chi connectivity index (χ0v) is 12.1. The lowest BCUT2D eigenvalue weighted by molar-refractivity contribution is -0.143. The van der Waals surface area contributed by atoms with Gasteiger partial charge in [-0.05, 0) is 37.5 Å². The topological polar surface area (TPSA) is 79.2 Å². The minimum Gasteiger partial charge on any atom is -0.467 e. The quantitative estimate of drug-likeness (QED) is 0.619. The van der Waals surface area contributed by atoms with Gasteiger partial charge in [-0.25, -0.2) is 13.6 Å². The second-order valence-electron chi connectivity index (χ2n) is 4.58. The van der Waals surface area contributed by atoms with Crippen LogP contribution in [0.25, 0.3) is 0 Å². The molecule has 1 N–H and O–H groups in total. The minimum absolute atomic E-state index is 0.0928. The Labute approximate surface area is 126 Å². The standard InChI is InChI=1S/C15H16F2N2O3/c1-22-15(21)13(5-3-2-4-8-18)19-14(20)10-6-7-11(16)12(17)9-10/h6-7,9,13H,2-5H2,1H3,(H,19,20)/t13-/m0/s1. The molecule has 0 fully saturated rings. The largest absolute Gasteiger partial charge is 0.467 e. The molecule has 1 rings (SSSR count). The van der Waals surface area contributed by atoms with Crippen LogP contribution in [0.4, 0.5) is 8.78 Å². The molecular formula is C15H16F2N2O3. The van der Waals surface area contributed by atoms with Gasteiger partial charge >= 0.3 is 5.97 Å². The maximum absolute atomic E-state index is 13.1. The highest BCUT2D eigenvalue weighted by Gasteiger charge is 2.22. The van der Waals surface area contributed by atoms with Gasteiger partial charge in [0, 0.05) is 12.0 Å². The summed E-state index contributed by atoms with van der Waals surface area (Å²) in [6.07, 6.45) is 1.78. The van der Waals surface area contributed by atoms with Crippen molar-refractivity contribution in [1.82, 2.24) is 5.32 Å². The molecule has 0 aliphatic heterocycles. The summed E-state index contributed by atoms with van der Waals surface area (Å²) in [5, 5.41) is 10.9. The van der Waals surface area contributed by atoms with Crippen LogP contribution in [-0.4, -0.2) is 25.0 Å². The molecule has 0 radical (unpaired) electrons. The molecular weight excluding hydrogens is 294 g/mol. The van der Waals surface area contributed by atoms with Crippen molar-refractivity contribution < 1.29 is 23.1 Å². The van der Waals surface area contributed by atoms with Crippen molar-refractivity contribution in [2.45, 2.75) is 31.7 Å². The summed E-state index contributed by atoms with van der Waals surface area (Å²) in [6.45, 7) is 0. The van der Waals surface area contributed by atoms with Crippen LogP contribution in [0.3, 0.4) is 0 Å². The molecule has 5 nitrogen and oxygen atoms in total. The first kappa shape index (κ1) is 17.6. The van der Waals surface area contributed by atoms with E-state index in [1.165, 1.54) is 7.11 Å². The summed E-state index contributed by atoms with van der Waals surface area (Å²) in [6, 6.07) is 3.80. The number of benzene rings is 1. The number of amides is 1. The lowest BCUT2D eigenvalue weighted by Crippen LogP contribution is -2.41. The zero-order valence-electron chi connectivity index (χ0n) is 12.1. The van der Waals surface area contributed by atoms with Crippen molar-refractivity contribution in [3.05, 3.63) is 35.4 Å². The van der Waals surface area contributed by atoms with Crippen LogP contribution in [0, 0.1) is 23.0 Å². The molecule has 0 unspecified atom stereocenters. The highest BCUT2D eigenvalue weighted by molar-refractivity contribution is 5.96. The van der Waals surface area contributed by atoms with E-state index in [2.05, 4.69) is 10.1 Å². The summed E-state index contributed by atoms with van der Waals surface area (Å²) in [5.41, 5.74) is -0.0928. The monoisotopic (exact) mass is 310 g/mol. The second-order valence-corrected chi connectivity index (χ2v) is 4.58. The molecule has 1 atom stereocenters. The molecule has 0 aliphatic rings. The second kappa shape index (κ2) is 8.72. The minimum atomic E-state index is -1.14. The summed E-state index contributed by atoms with van der Waals surface area (Å²) < 4.78 is 30.5. The van der Waals surface area contributed by atoms with Gasteiger partial charge in [-0.2, -0.15) is 5.26 Å². The highest BCUT2D eigenvalue weighted by atomic mass is 19.2. The molecule has 0 aromatic heterocycles. The maximum Gasteiger partial charge on any atom is 0.328 e. The zero-order chi connectivity index (χ0) is 16.5. The number of nitrogens with one attached hydrogen (secondary N) is 1. The number of esters is 1. The van der Waals surface area contributed by atoms with E-state index in [0.717, 1.165) is 18.2 Å². The van der Waals surface area contributed by atoms with Gasteiger partial charge in [0.15, 0.2) is 11.6 Å². The molecule has 0 saturated carbocycles. The van der Waals surface area contributed by atoms with Crippen molar-refractivity contribution in [3.63, 3.8) is 0 Å². The van der Waals surface area contributed by atoms with Crippen LogP contribution in [0.5, 0.6) is 0 Å². The third kappa shape index (κ3) is 5.13. The molecule has 22 heavy (non-hydrogen) atoms. The number of ether oxygens (including phenoxy) is 1. The van der Waals surface area contributed by atoms with E-state index in [0.29, 0.717) is 25.7 Å². The predicted octanol–water partition coefficient (Wildman–Crippen LogP) is 2.32. The normalized spacial score (nSPS) is 11.4. The molecule has 0 aliphatic carbocycles. The molecule has 118 valence electrons. The van der Waals surface area contributed by atoms with Crippen LogP contribution < -0.4 is 5.32 Å². The van der Waals surface area contributed by atoms with E-state index in [-0.39, 0.29) is 5.56 Å². The summed E-state index contributed by atoms with van der Waals surface area (Å²) in [4.78, 5) is 23.6. The van der Waals surface area contributed by atoms with Crippen LogP contribution in [0.1, 0.15) is 36.0 Å². The number of carbonyl (C=O) groups is 2. The third-order valence-corrected chi connectivity index (χ3v) is 3.00. The number of hydrogen-bond donors (Lipinski definition) is 1. The lowest BCUT2D eigenvalue weighted by atomic mass is 10.1. The van der Waals surface area contributed by atoms with E-state index in [4.69, 9.17) is 5.26 Å². The first-order valence-electron chi connectivity index (χ1n) is 6.70. The Hall–Kier alpha value is -2.49. The number of unbranched alkanes of at least 4 members (excludes halogenated alkanes) is 2. The molecule has 1 aromatic carbocycles. The fourth-order valence-electron chi connectivity index (χ4n) is 1.82. The highest BCUT2D eigenvalue weighted by Crippen LogP contribution is 2.10. The summed E-state index contributed by atoms with van der Waals surface area (Å²) >= 11 is 0. The van der Waals surface area contributed by atoms with Crippen LogP contribution in [-0.2, 0) is 9.53 Å². The fraction of sp³-hybridized carbons (Fsp3) is 0.400. The van der Waals surface area contributed by atoms with Gasteiger partial charge in [0.05, 0.1) is 13.2 Å². The van der Waals surface area contributed by atoms with Crippen molar-refractivity contribution in [1.29, 1.82) is 5.26 Å². The Morgan fingerprint density at radius 1 is 1.32 bits per heavy atom. The van der Waals surface area contributed by atoms with Crippen molar-refractivity contribution in [2.24, 2.45) is 0 Å². The number of halogens is 2. The van der Waals surface area contributed by atoms with Crippen molar-refractivity contribution >= 4 is 11.9 Å². The maximum atomic E-state index is 13.1.